The minimum absolute atomic E-state index is 0.00642. The number of amides is 2. The van der Waals surface area contributed by atoms with Gasteiger partial charge in [0.1, 0.15) is 0 Å². The number of hydrogen-bond donors (Lipinski definition) is 2. The molecule has 26 heavy (non-hydrogen) atoms. The average Bonchev–Trinajstić information content (AvgIpc) is 2.55. The summed E-state index contributed by atoms with van der Waals surface area (Å²) in [4.78, 5) is 36.4. The van der Waals surface area contributed by atoms with E-state index in [2.05, 4.69) is 12.6 Å². The standard InChI is InChI=1S/C15H19F3N2O5S/c1-3-24-12(21)10(7-19-13(22)15(16,17)18)9-5-6-20(8-11(9)26)14(23)25-4-2/h7,26H,3-6,8H2,1-2H3,(H,19,22)/b10-7-. The van der Waals surface area contributed by atoms with Gasteiger partial charge in [0.05, 0.1) is 25.3 Å². The van der Waals surface area contributed by atoms with E-state index in [1.807, 2.05) is 0 Å². The van der Waals surface area contributed by atoms with Gasteiger partial charge in [0.2, 0.25) is 0 Å². The summed E-state index contributed by atoms with van der Waals surface area (Å²) in [5.74, 6) is -3.12. The first-order chi connectivity index (χ1) is 12.1. The number of nitrogens with one attached hydrogen (secondary N) is 1. The zero-order chi connectivity index (χ0) is 19.9. The van der Waals surface area contributed by atoms with Crippen molar-refractivity contribution in [3.63, 3.8) is 0 Å². The first kappa shape index (κ1) is 21.9. The highest BCUT2D eigenvalue weighted by molar-refractivity contribution is 7.84. The second-order valence-electron chi connectivity index (χ2n) is 5.05. The summed E-state index contributed by atoms with van der Waals surface area (Å²) in [6.07, 6.45) is -4.88. The topological polar surface area (TPSA) is 84.9 Å². The highest BCUT2D eigenvalue weighted by atomic mass is 32.1. The lowest BCUT2D eigenvalue weighted by Crippen LogP contribution is -2.38. The van der Waals surface area contributed by atoms with Gasteiger partial charge in [0, 0.05) is 17.6 Å². The van der Waals surface area contributed by atoms with Gasteiger partial charge >= 0.3 is 24.1 Å². The van der Waals surface area contributed by atoms with E-state index in [4.69, 9.17) is 9.47 Å². The fraction of sp³-hybridized carbons (Fsp3) is 0.533. The van der Waals surface area contributed by atoms with Gasteiger partial charge < -0.3 is 19.7 Å². The molecule has 1 aliphatic heterocycles. The van der Waals surface area contributed by atoms with Crippen LogP contribution in [0, 0.1) is 0 Å². The molecule has 0 fully saturated rings. The lowest BCUT2D eigenvalue weighted by molar-refractivity contribution is -0.172. The van der Waals surface area contributed by atoms with E-state index in [9.17, 15) is 27.6 Å². The number of ether oxygens (including phenoxy) is 2. The fourth-order valence-electron chi connectivity index (χ4n) is 2.10. The molecule has 1 N–H and O–H groups in total. The molecule has 0 bridgehead atoms. The number of carbonyl (C=O) groups is 3. The van der Waals surface area contributed by atoms with E-state index < -0.39 is 24.1 Å². The molecule has 1 aliphatic rings. The number of hydrogen-bond acceptors (Lipinski definition) is 6. The van der Waals surface area contributed by atoms with E-state index >= 15 is 0 Å². The molecule has 0 atom stereocenters. The Labute approximate surface area is 153 Å². The SMILES string of the molecule is CCOC(=O)/C(=C\NC(=O)C(F)(F)F)C1=C(S)CN(C(=O)OCC)CC1. The van der Waals surface area contributed by atoms with Gasteiger partial charge in [-0.1, -0.05) is 0 Å². The number of esters is 1. The van der Waals surface area contributed by atoms with E-state index in [1.54, 1.807) is 6.92 Å². The zero-order valence-electron chi connectivity index (χ0n) is 14.2. The summed E-state index contributed by atoms with van der Waals surface area (Å²) >= 11 is 4.23. The van der Waals surface area contributed by atoms with Gasteiger partial charge in [-0.25, -0.2) is 9.59 Å². The Bertz CT molecular complexity index is 631. The molecule has 0 saturated carbocycles. The smallest absolute Gasteiger partial charge is 0.462 e. The number of alkyl halides is 3. The molecule has 0 aromatic heterocycles. The minimum atomic E-state index is -5.10. The van der Waals surface area contributed by atoms with Gasteiger partial charge in [-0.05, 0) is 25.8 Å². The third-order valence-electron chi connectivity index (χ3n) is 3.27. The van der Waals surface area contributed by atoms with E-state index in [-0.39, 0.29) is 48.8 Å². The number of halogens is 3. The van der Waals surface area contributed by atoms with Crippen LogP contribution in [0.3, 0.4) is 0 Å². The Morgan fingerprint density at radius 1 is 1.23 bits per heavy atom. The van der Waals surface area contributed by atoms with Crippen molar-refractivity contribution in [3.8, 4) is 0 Å². The number of carbonyl (C=O) groups excluding carboxylic acids is 3. The van der Waals surface area contributed by atoms with Crippen LogP contribution in [0.4, 0.5) is 18.0 Å². The summed E-state index contributed by atoms with van der Waals surface area (Å²) < 4.78 is 46.7. The highest BCUT2D eigenvalue weighted by Crippen LogP contribution is 2.28. The molecule has 0 unspecified atom stereocenters. The van der Waals surface area contributed by atoms with Crippen molar-refractivity contribution in [1.82, 2.24) is 10.2 Å². The maximum absolute atomic E-state index is 12.3. The van der Waals surface area contributed by atoms with Crippen molar-refractivity contribution in [3.05, 3.63) is 22.3 Å². The first-order valence-corrected chi connectivity index (χ1v) is 8.14. The van der Waals surface area contributed by atoms with Crippen LogP contribution in [0.1, 0.15) is 20.3 Å². The summed E-state index contributed by atoms with van der Waals surface area (Å²) in [6.45, 7) is 3.54. The van der Waals surface area contributed by atoms with Crippen LogP contribution < -0.4 is 5.32 Å². The maximum atomic E-state index is 12.3. The number of rotatable bonds is 5. The zero-order valence-corrected chi connectivity index (χ0v) is 15.1. The van der Waals surface area contributed by atoms with Crippen molar-refractivity contribution < 1.29 is 37.0 Å². The molecule has 7 nitrogen and oxygen atoms in total. The van der Waals surface area contributed by atoms with Crippen LogP contribution in [0.25, 0.3) is 0 Å². The van der Waals surface area contributed by atoms with Gasteiger partial charge in [0.15, 0.2) is 0 Å². The minimum Gasteiger partial charge on any atom is -0.462 e. The Morgan fingerprint density at radius 3 is 2.35 bits per heavy atom. The Morgan fingerprint density at radius 2 is 1.85 bits per heavy atom. The molecule has 0 spiro atoms. The lowest BCUT2D eigenvalue weighted by atomic mass is 10.00. The van der Waals surface area contributed by atoms with Crippen molar-refractivity contribution >= 4 is 30.6 Å². The van der Waals surface area contributed by atoms with Crippen LogP contribution in [0.2, 0.25) is 0 Å². The molecule has 2 amide bonds. The Hall–Kier alpha value is -2.17. The van der Waals surface area contributed by atoms with Crippen LogP contribution in [-0.4, -0.2) is 55.3 Å². The second-order valence-corrected chi connectivity index (χ2v) is 5.59. The summed E-state index contributed by atoms with van der Waals surface area (Å²) in [5, 5.41) is 1.53. The van der Waals surface area contributed by atoms with Crippen molar-refractivity contribution in [2.24, 2.45) is 0 Å². The van der Waals surface area contributed by atoms with Crippen molar-refractivity contribution in [2.45, 2.75) is 26.4 Å². The Kier molecular flexibility index (Phi) is 8.00. The molecular formula is C15H19F3N2O5S. The van der Waals surface area contributed by atoms with Crippen LogP contribution in [-0.2, 0) is 19.1 Å². The molecule has 1 heterocycles. The van der Waals surface area contributed by atoms with E-state index in [1.165, 1.54) is 17.1 Å². The lowest BCUT2D eigenvalue weighted by Gasteiger charge is -2.29. The fourth-order valence-corrected chi connectivity index (χ4v) is 2.51. The molecule has 0 aromatic carbocycles. The molecular weight excluding hydrogens is 377 g/mol. The molecule has 11 heteroatoms. The van der Waals surface area contributed by atoms with E-state index in [0.717, 1.165) is 0 Å². The summed E-state index contributed by atoms with van der Waals surface area (Å²) in [6, 6.07) is 0. The quantitative estimate of drug-likeness (QED) is 0.423. The van der Waals surface area contributed by atoms with Crippen molar-refractivity contribution in [2.75, 3.05) is 26.3 Å². The molecule has 0 saturated heterocycles. The average molecular weight is 396 g/mol. The normalized spacial score (nSPS) is 15.6. The number of thiol groups is 1. The highest BCUT2D eigenvalue weighted by Gasteiger charge is 2.38. The third kappa shape index (κ3) is 5.97. The van der Waals surface area contributed by atoms with Crippen LogP contribution in [0.5, 0.6) is 0 Å². The van der Waals surface area contributed by atoms with Gasteiger partial charge in [-0.2, -0.15) is 13.2 Å². The van der Waals surface area contributed by atoms with Gasteiger partial charge in [0.25, 0.3) is 0 Å². The second kappa shape index (κ2) is 9.51. The predicted molar refractivity (Wildman–Crippen MR) is 88.1 cm³/mol. The van der Waals surface area contributed by atoms with Gasteiger partial charge in [-0.15, -0.1) is 12.6 Å². The maximum Gasteiger partial charge on any atom is 0.471 e. The monoisotopic (exact) mass is 396 g/mol. The van der Waals surface area contributed by atoms with Gasteiger partial charge in [-0.3, -0.25) is 4.79 Å². The third-order valence-corrected chi connectivity index (χ3v) is 3.68. The molecule has 0 aliphatic carbocycles. The molecule has 0 aromatic rings. The predicted octanol–water partition coefficient (Wildman–Crippen LogP) is 2.16. The summed E-state index contributed by atoms with van der Waals surface area (Å²) in [5.41, 5.74) is 0.0350. The Balaban J connectivity index is 3.07. The number of nitrogens with zero attached hydrogens (tertiary/aromatic N) is 1. The molecule has 146 valence electrons. The largest absolute Gasteiger partial charge is 0.471 e. The van der Waals surface area contributed by atoms with E-state index in [0.29, 0.717) is 6.20 Å². The molecule has 1 rings (SSSR count). The van der Waals surface area contributed by atoms with Crippen LogP contribution >= 0.6 is 12.6 Å². The first-order valence-electron chi connectivity index (χ1n) is 7.69. The van der Waals surface area contributed by atoms with Crippen LogP contribution in [0.15, 0.2) is 22.3 Å². The van der Waals surface area contributed by atoms with Crippen molar-refractivity contribution in [1.29, 1.82) is 0 Å². The molecule has 0 radical (unpaired) electrons. The summed E-state index contributed by atoms with van der Waals surface area (Å²) in [7, 11) is 0.